The second-order valence-corrected chi connectivity index (χ2v) is 5.96. The van der Waals surface area contributed by atoms with Crippen molar-refractivity contribution < 1.29 is 47.1 Å². The molecule has 1 amide bonds. The van der Waals surface area contributed by atoms with Crippen LogP contribution in [0.4, 0.5) is 0 Å². The van der Waals surface area contributed by atoms with Crippen LogP contribution in [0, 0.1) is 11.8 Å². The maximum absolute atomic E-state index is 11.9. The number of hydrogen-bond acceptors (Lipinski definition) is 4. The van der Waals surface area contributed by atoms with Crippen LogP contribution < -0.4 is 11.1 Å². The van der Waals surface area contributed by atoms with Crippen molar-refractivity contribution in [2.45, 2.75) is 65.0 Å². The second kappa shape index (κ2) is 14.2. The van der Waals surface area contributed by atoms with E-state index >= 15 is 0 Å². The molecule has 0 aliphatic rings. The SMILES string of the molecule is CC[C@H](C)[C@@H]([C-]=O)NCCCCC(C)C(=O)[C@@H]([NH-])CC(N)=O.[Y]. The molecule has 0 aromatic heterocycles. The van der Waals surface area contributed by atoms with Gasteiger partial charge < -0.3 is 26.4 Å². The summed E-state index contributed by atoms with van der Waals surface area (Å²) in [6, 6.07) is -1.29. The fraction of sp³-hybridized carbons (Fsp3) is 0.812. The molecule has 0 aliphatic carbocycles. The van der Waals surface area contributed by atoms with Gasteiger partial charge in [0.15, 0.2) is 0 Å². The molecule has 6 nitrogen and oxygen atoms in total. The molecule has 7 heteroatoms. The van der Waals surface area contributed by atoms with Crippen LogP contribution in [0.5, 0.6) is 0 Å². The predicted octanol–water partition coefficient (Wildman–Crippen LogP) is 1.77. The zero-order valence-electron chi connectivity index (χ0n) is 14.4. The average molecular weight is 400 g/mol. The van der Waals surface area contributed by atoms with Crippen LogP contribution in [0.1, 0.15) is 52.9 Å². The molecule has 0 saturated heterocycles. The Morgan fingerprint density at radius 2 is 1.87 bits per heavy atom. The zero-order valence-corrected chi connectivity index (χ0v) is 17.3. The molecule has 4 N–H and O–H groups in total. The number of carbonyl (C=O) groups excluding carboxylic acids is 3. The third-order valence-corrected chi connectivity index (χ3v) is 4.00. The molecule has 0 bridgehead atoms. The first-order valence-corrected chi connectivity index (χ1v) is 7.97. The zero-order chi connectivity index (χ0) is 17.1. The fourth-order valence-corrected chi connectivity index (χ4v) is 2.22. The van der Waals surface area contributed by atoms with Gasteiger partial charge in [0.1, 0.15) is 5.78 Å². The number of Topliss-reactive ketones (excluding diaryl/α,β-unsaturated/α-hetero) is 1. The van der Waals surface area contributed by atoms with Gasteiger partial charge in [0.25, 0.3) is 0 Å². The molecule has 1 unspecified atom stereocenters. The molecule has 1 radical (unpaired) electrons. The van der Waals surface area contributed by atoms with Gasteiger partial charge in [0.05, 0.1) is 0 Å². The van der Waals surface area contributed by atoms with E-state index in [0.717, 1.165) is 19.3 Å². The van der Waals surface area contributed by atoms with Crippen molar-refractivity contribution in [1.82, 2.24) is 5.32 Å². The van der Waals surface area contributed by atoms with Crippen molar-refractivity contribution in [3.63, 3.8) is 0 Å². The van der Waals surface area contributed by atoms with Gasteiger partial charge in [-0.2, -0.15) is 0 Å². The van der Waals surface area contributed by atoms with Crippen molar-refractivity contribution in [2.75, 3.05) is 6.54 Å². The number of rotatable bonds is 13. The second-order valence-electron chi connectivity index (χ2n) is 5.96. The Labute approximate surface area is 164 Å². The molecular formula is C16H29N3O3Y-2. The number of primary amides is 1. The minimum Gasteiger partial charge on any atom is -0.668 e. The Balaban J connectivity index is 0. The van der Waals surface area contributed by atoms with Gasteiger partial charge in [-0.05, 0) is 19.4 Å². The summed E-state index contributed by atoms with van der Waals surface area (Å²) in [5, 5.41) is 3.17. The number of nitrogens with two attached hydrogens (primary N) is 1. The minimum absolute atomic E-state index is 0. The molecule has 4 atom stereocenters. The Hall–Kier alpha value is -0.166. The molecule has 0 spiro atoms. The van der Waals surface area contributed by atoms with Crippen LogP contribution in [0.15, 0.2) is 0 Å². The third-order valence-electron chi connectivity index (χ3n) is 4.00. The number of hydrogen-bond donors (Lipinski definition) is 2. The summed E-state index contributed by atoms with van der Waals surface area (Å²) >= 11 is 0. The van der Waals surface area contributed by atoms with E-state index in [1.54, 1.807) is 6.92 Å². The molecular weight excluding hydrogens is 371 g/mol. The molecule has 0 heterocycles. The number of ketones is 1. The fourth-order valence-electron chi connectivity index (χ4n) is 2.22. The van der Waals surface area contributed by atoms with Crippen molar-refractivity contribution in [3.8, 4) is 0 Å². The van der Waals surface area contributed by atoms with E-state index in [1.165, 1.54) is 0 Å². The van der Waals surface area contributed by atoms with Gasteiger partial charge in [-0.1, -0.05) is 51.6 Å². The van der Waals surface area contributed by atoms with Crippen molar-refractivity contribution in [2.24, 2.45) is 17.6 Å². The first-order chi connectivity index (χ1) is 10.3. The molecule has 0 saturated carbocycles. The maximum Gasteiger partial charge on any atom is 0.216 e. The van der Waals surface area contributed by atoms with Gasteiger partial charge in [0, 0.05) is 45.0 Å². The Morgan fingerprint density at radius 1 is 1.26 bits per heavy atom. The van der Waals surface area contributed by atoms with Gasteiger partial charge in [-0.25, -0.2) is 6.29 Å². The summed E-state index contributed by atoms with van der Waals surface area (Å²) in [7, 11) is 0. The number of amides is 1. The Bertz CT molecular complexity index is 366. The van der Waals surface area contributed by atoms with E-state index < -0.39 is 11.9 Å². The van der Waals surface area contributed by atoms with E-state index in [1.807, 2.05) is 20.1 Å². The standard InChI is InChI=1S/C16H29N3O3.Y/c1-4-11(2)14(10-20)19-8-6-5-7-12(3)16(22)13(17)9-15(18)21;/h11-14,17,19H,4-9H2,1-3H3,(H2,18,21);/q-2;/t11-,12?,13-,14+;/m0./s1. The summed E-state index contributed by atoms with van der Waals surface area (Å²) in [6.07, 6.45) is 5.08. The first-order valence-electron chi connectivity index (χ1n) is 7.97. The van der Waals surface area contributed by atoms with Crippen LogP contribution in [-0.4, -0.2) is 36.6 Å². The predicted molar refractivity (Wildman–Crippen MR) is 86.9 cm³/mol. The number of carbonyl (C=O) groups is 2. The quantitative estimate of drug-likeness (QED) is 0.362. The van der Waals surface area contributed by atoms with Crippen molar-refractivity contribution >= 4 is 18.0 Å². The molecule has 0 aromatic rings. The smallest absolute Gasteiger partial charge is 0.216 e. The van der Waals surface area contributed by atoms with Gasteiger partial charge in [-0.3, -0.25) is 4.79 Å². The molecule has 0 fully saturated rings. The summed E-state index contributed by atoms with van der Waals surface area (Å²) in [6.45, 7) is 6.53. The van der Waals surface area contributed by atoms with Crippen LogP contribution in [0.3, 0.4) is 0 Å². The normalized spacial score (nSPS) is 15.8. The summed E-state index contributed by atoms with van der Waals surface area (Å²) < 4.78 is 0. The number of nitrogens with one attached hydrogen (secondary N) is 2. The first kappa shape index (κ1) is 25.1. The average Bonchev–Trinajstić information content (AvgIpc) is 2.48. The van der Waals surface area contributed by atoms with E-state index in [0.29, 0.717) is 13.0 Å². The van der Waals surface area contributed by atoms with Crippen molar-refractivity contribution in [1.29, 1.82) is 0 Å². The molecule has 0 rings (SSSR count). The van der Waals surface area contributed by atoms with Crippen LogP contribution in [0.25, 0.3) is 5.73 Å². The molecule has 0 aromatic carbocycles. The van der Waals surface area contributed by atoms with E-state index in [9.17, 15) is 14.4 Å². The monoisotopic (exact) mass is 400 g/mol. The Morgan fingerprint density at radius 3 is 2.35 bits per heavy atom. The van der Waals surface area contributed by atoms with Crippen LogP contribution in [-0.2, 0) is 47.1 Å². The van der Waals surface area contributed by atoms with Gasteiger partial charge in [0.2, 0.25) is 5.91 Å². The summed E-state index contributed by atoms with van der Waals surface area (Å²) in [5.41, 5.74) is 12.6. The maximum atomic E-state index is 11.9. The number of unbranched alkanes of at least 4 members (excludes halogenated alkanes) is 1. The van der Waals surface area contributed by atoms with E-state index in [4.69, 9.17) is 11.5 Å². The topological polar surface area (TPSA) is 113 Å². The largest absolute Gasteiger partial charge is 0.668 e. The van der Waals surface area contributed by atoms with Crippen LogP contribution in [0.2, 0.25) is 0 Å². The molecule has 23 heavy (non-hydrogen) atoms. The van der Waals surface area contributed by atoms with Gasteiger partial charge >= 0.3 is 0 Å². The van der Waals surface area contributed by atoms with Crippen LogP contribution >= 0.6 is 0 Å². The Kier molecular flexibility index (Phi) is 15.5. The van der Waals surface area contributed by atoms with Crippen molar-refractivity contribution in [3.05, 3.63) is 5.73 Å². The summed E-state index contributed by atoms with van der Waals surface area (Å²) in [5.74, 6) is -0.836. The third kappa shape index (κ3) is 11.1. The minimum atomic E-state index is -1.05. The van der Waals surface area contributed by atoms with E-state index in [-0.39, 0.29) is 62.8 Å². The van der Waals surface area contributed by atoms with E-state index in [2.05, 4.69) is 5.32 Å². The molecule has 131 valence electrons. The summed E-state index contributed by atoms with van der Waals surface area (Å²) in [4.78, 5) is 33.4. The molecule has 0 aliphatic heterocycles. The van der Waals surface area contributed by atoms with Gasteiger partial charge in [-0.15, -0.1) is 0 Å².